The van der Waals surface area contributed by atoms with Gasteiger partial charge in [-0.1, -0.05) is 72.8 Å². The predicted octanol–water partition coefficient (Wildman–Crippen LogP) is 6.90. The number of hydrogen-bond acceptors (Lipinski definition) is 2. The number of allylic oxidation sites excluding steroid dienone is 1. The van der Waals surface area contributed by atoms with Crippen molar-refractivity contribution in [3.05, 3.63) is 96.0 Å². The summed E-state index contributed by atoms with van der Waals surface area (Å²) in [6, 6.07) is 25.6. The van der Waals surface area contributed by atoms with Gasteiger partial charge in [0, 0.05) is 15.7 Å². The molecule has 0 saturated heterocycles. The summed E-state index contributed by atoms with van der Waals surface area (Å²) < 4.78 is 0. The maximum absolute atomic E-state index is 11.7. The molecule has 0 saturated carbocycles. The van der Waals surface area contributed by atoms with Gasteiger partial charge in [0.2, 0.25) is 0 Å². The van der Waals surface area contributed by atoms with Crippen molar-refractivity contribution in [2.75, 3.05) is 5.75 Å². The molecular formula is C24H21ClO2S. The summed E-state index contributed by atoms with van der Waals surface area (Å²) in [4.78, 5) is 12.8. The Hall–Kier alpha value is -2.49. The number of hydrogen-bond donors (Lipinski definition) is 1. The molecule has 0 unspecified atom stereocenters. The fourth-order valence-electron chi connectivity index (χ4n) is 2.89. The van der Waals surface area contributed by atoms with Crippen LogP contribution in [0.1, 0.15) is 12.0 Å². The van der Waals surface area contributed by atoms with Crippen molar-refractivity contribution < 1.29 is 9.90 Å². The van der Waals surface area contributed by atoms with Crippen molar-refractivity contribution in [3.8, 4) is 11.1 Å². The molecule has 3 aromatic rings. The van der Waals surface area contributed by atoms with Gasteiger partial charge < -0.3 is 5.11 Å². The summed E-state index contributed by atoms with van der Waals surface area (Å²) in [5.41, 5.74) is 3.98. The average molecular weight is 409 g/mol. The lowest BCUT2D eigenvalue weighted by atomic mass is 9.95. The van der Waals surface area contributed by atoms with Crippen molar-refractivity contribution in [1.82, 2.24) is 0 Å². The highest BCUT2D eigenvalue weighted by atomic mass is 35.5. The highest BCUT2D eigenvalue weighted by Gasteiger charge is 2.19. The van der Waals surface area contributed by atoms with E-state index in [0.29, 0.717) is 17.2 Å². The smallest absolute Gasteiger partial charge is 0.307 e. The van der Waals surface area contributed by atoms with E-state index in [1.54, 1.807) is 11.8 Å². The third kappa shape index (κ3) is 5.51. The van der Waals surface area contributed by atoms with Crippen LogP contribution in [0.25, 0.3) is 16.7 Å². The molecule has 0 amide bonds. The van der Waals surface area contributed by atoms with Crippen LogP contribution >= 0.6 is 23.4 Å². The molecule has 0 spiro atoms. The Morgan fingerprint density at radius 3 is 2.07 bits per heavy atom. The van der Waals surface area contributed by atoms with Crippen molar-refractivity contribution in [3.63, 3.8) is 0 Å². The average Bonchev–Trinajstić information content (AvgIpc) is 2.72. The van der Waals surface area contributed by atoms with E-state index in [2.05, 4.69) is 6.58 Å². The third-order valence-corrected chi connectivity index (χ3v) is 5.93. The first-order valence-corrected chi connectivity index (χ1v) is 10.3. The lowest BCUT2D eigenvalue weighted by molar-refractivity contribution is -0.140. The van der Waals surface area contributed by atoms with E-state index in [9.17, 15) is 9.90 Å². The number of carbonyl (C=O) groups is 1. The Balaban J connectivity index is 1.64. The molecule has 0 aliphatic carbocycles. The Labute approximate surface area is 174 Å². The SMILES string of the molecule is C=C(C[C@H](CSc1ccccc1)C(=O)O)c1ccc(-c2ccc(Cl)cc2)cc1. The summed E-state index contributed by atoms with van der Waals surface area (Å²) in [5.74, 6) is -0.752. The largest absolute Gasteiger partial charge is 0.481 e. The van der Waals surface area contributed by atoms with E-state index >= 15 is 0 Å². The first-order chi connectivity index (χ1) is 13.5. The monoisotopic (exact) mass is 408 g/mol. The van der Waals surface area contributed by atoms with E-state index < -0.39 is 11.9 Å². The molecule has 3 rings (SSSR count). The summed E-state index contributed by atoms with van der Waals surface area (Å²) in [5, 5.41) is 10.3. The van der Waals surface area contributed by atoms with Crippen LogP contribution in [0.2, 0.25) is 5.02 Å². The van der Waals surface area contributed by atoms with Gasteiger partial charge in [0.1, 0.15) is 0 Å². The zero-order valence-corrected chi connectivity index (χ0v) is 16.9. The van der Waals surface area contributed by atoms with Gasteiger partial charge in [-0.25, -0.2) is 0 Å². The molecule has 0 aromatic heterocycles. The van der Waals surface area contributed by atoms with Crippen LogP contribution in [-0.4, -0.2) is 16.8 Å². The van der Waals surface area contributed by atoms with Gasteiger partial charge in [-0.2, -0.15) is 0 Å². The summed E-state index contributed by atoms with van der Waals surface area (Å²) >= 11 is 7.51. The third-order valence-electron chi connectivity index (χ3n) is 4.51. The number of benzene rings is 3. The predicted molar refractivity (Wildman–Crippen MR) is 119 cm³/mol. The molecule has 0 radical (unpaired) electrons. The lowest BCUT2D eigenvalue weighted by Gasteiger charge is -2.14. The van der Waals surface area contributed by atoms with Gasteiger partial charge in [0.05, 0.1) is 5.92 Å². The van der Waals surface area contributed by atoms with Crippen LogP contribution in [-0.2, 0) is 4.79 Å². The molecule has 2 nitrogen and oxygen atoms in total. The fraction of sp³-hybridized carbons (Fsp3) is 0.125. The number of carboxylic acid groups (broad SMARTS) is 1. The van der Waals surface area contributed by atoms with Crippen molar-refractivity contribution in [1.29, 1.82) is 0 Å². The molecule has 0 aliphatic heterocycles. The van der Waals surface area contributed by atoms with E-state index in [4.69, 9.17) is 11.6 Å². The fourth-order valence-corrected chi connectivity index (χ4v) is 4.02. The topological polar surface area (TPSA) is 37.3 Å². The van der Waals surface area contributed by atoms with Crippen LogP contribution in [0, 0.1) is 5.92 Å². The van der Waals surface area contributed by atoms with E-state index in [0.717, 1.165) is 27.2 Å². The number of thioether (sulfide) groups is 1. The minimum atomic E-state index is -0.789. The van der Waals surface area contributed by atoms with E-state index in [-0.39, 0.29) is 0 Å². The standard InChI is InChI=1S/C24H21ClO2S/c1-17(15-21(24(26)27)16-28-23-5-3-2-4-6-23)18-7-9-19(10-8-18)20-11-13-22(25)14-12-20/h2-14,21H,1,15-16H2,(H,26,27)/t21-/m1/s1. The molecule has 142 valence electrons. The molecule has 28 heavy (non-hydrogen) atoms. The molecule has 3 aromatic carbocycles. The maximum Gasteiger partial charge on any atom is 0.307 e. The minimum Gasteiger partial charge on any atom is -0.481 e. The van der Waals surface area contributed by atoms with Crippen molar-refractivity contribution >= 4 is 34.9 Å². The molecule has 0 heterocycles. The summed E-state index contributed by atoms with van der Waals surface area (Å²) in [7, 11) is 0. The first kappa shape index (κ1) is 20.2. The van der Waals surface area contributed by atoms with E-state index in [1.165, 1.54) is 0 Å². The summed E-state index contributed by atoms with van der Waals surface area (Å²) in [6.45, 7) is 4.13. The first-order valence-electron chi connectivity index (χ1n) is 8.98. The second-order valence-corrected chi connectivity index (χ2v) is 8.08. The van der Waals surface area contributed by atoms with Gasteiger partial charge in [-0.05, 0) is 52.9 Å². The molecule has 0 aliphatic rings. The molecule has 4 heteroatoms. The van der Waals surface area contributed by atoms with Gasteiger partial charge >= 0.3 is 5.97 Å². The highest BCUT2D eigenvalue weighted by Crippen LogP contribution is 2.29. The van der Waals surface area contributed by atoms with E-state index in [1.807, 2.05) is 78.9 Å². The lowest BCUT2D eigenvalue weighted by Crippen LogP contribution is -2.16. The molecule has 1 atom stereocenters. The normalized spacial score (nSPS) is 11.8. The molecular weight excluding hydrogens is 388 g/mol. The number of rotatable bonds is 8. The number of halogens is 1. The van der Waals surface area contributed by atoms with Crippen LogP contribution in [0.4, 0.5) is 0 Å². The van der Waals surface area contributed by atoms with Gasteiger partial charge in [0.15, 0.2) is 0 Å². The highest BCUT2D eigenvalue weighted by molar-refractivity contribution is 7.99. The Kier molecular flexibility index (Phi) is 6.96. The van der Waals surface area contributed by atoms with Crippen molar-refractivity contribution in [2.45, 2.75) is 11.3 Å². The van der Waals surface area contributed by atoms with Crippen LogP contribution < -0.4 is 0 Å². The Morgan fingerprint density at radius 2 is 1.50 bits per heavy atom. The Morgan fingerprint density at radius 1 is 0.929 bits per heavy atom. The number of carboxylic acids is 1. The molecule has 0 fully saturated rings. The number of aliphatic carboxylic acids is 1. The molecule has 1 N–H and O–H groups in total. The second kappa shape index (κ2) is 9.63. The van der Waals surface area contributed by atoms with Gasteiger partial charge in [-0.15, -0.1) is 11.8 Å². The van der Waals surface area contributed by atoms with Crippen LogP contribution in [0.15, 0.2) is 90.3 Å². The maximum atomic E-state index is 11.7. The quantitative estimate of drug-likeness (QED) is 0.411. The second-order valence-electron chi connectivity index (χ2n) is 6.55. The zero-order valence-electron chi connectivity index (χ0n) is 15.3. The van der Waals surface area contributed by atoms with Gasteiger partial charge in [-0.3, -0.25) is 4.79 Å². The van der Waals surface area contributed by atoms with Crippen LogP contribution in [0.5, 0.6) is 0 Å². The van der Waals surface area contributed by atoms with Gasteiger partial charge in [0.25, 0.3) is 0 Å². The van der Waals surface area contributed by atoms with Crippen LogP contribution in [0.3, 0.4) is 0 Å². The zero-order chi connectivity index (χ0) is 19.9. The summed E-state index contributed by atoms with van der Waals surface area (Å²) in [6.07, 6.45) is 0.426. The molecule has 0 bridgehead atoms. The minimum absolute atomic E-state index is 0.426. The Bertz CT molecular complexity index is 935. The van der Waals surface area contributed by atoms with Crippen molar-refractivity contribution in [2.24, 2.45) is 5.92 Å².